The Hall–Kier alpha value is -2.60. The number of amides is 2. The molecule has 0 aromatic heterocycles. The van der Waals surface area contributed by atoms with Gasteiger partial charge >= 0.3 is 0 Å². The Bertz CT molecular complexity index is 861. The van der Waals surface area contributed by atoms with Gasteiger partial charge in [-0.1, -0.05) is 0 Å². The number of carbonyl (C=O) groups is 2. The summed E-state index contributed by atoms with van der Waals surface area (Å²) in [5.74, 6) is 0.986. The van der Waals surface area contributed by atoms with Gasteiger partial charge in [-0.3, -0.25) is 25.8 Å². The molecular formula is C18H18IN3O5S. The molecule has 2 aromatic rings. The predicted molar refractivity (Wildman–Crippen MR) is 116 cm³/mol. The molecule has 0 saturated carbocycles. The molecule has 0 heterocycles. The van der Waals surface area contributed by atoms with E-state index in [1.807, 2.05) is 0 Å². The number of methoxy groups -OCH3 is 2. The van der Waals surface area contributed by atoms with Gasteiger partial charge in [0.1, 0.15) is 17.2 Å². The number of hydrogen-bond donors (Lipinski definition) is 3. The summed E-state index contributed by atoms with van der Waals surface area (Å²) in [5.41, 5.74) is 5.29. The highest BCUT2D eigenvalue weighted by atomic mass is 127. The molecule has 0 unspecified atom stereocenters. The summed E-state index contributed by atoms with van der Waals surface area (Å²) in [5, 5.41) is 2.35. The number of hydrogen-bond acceptors (Lipinski definition) is 6. The van der Waals surface area contributed by atoms with Gasteiger partial charge in [0, 0.05) is 5.56 Å². The molecule has 0 atom stereocenters. The summed E-state index contributed by atoms with van der Waals surface area (Å²) < 4.78 is 16.3. The first-order chi connectivity index (χ1) is 13.4. The molecule has 0 radical (unpaired) electrons. The second-order valence-electron chi connectivity index (χ2n) is 5.27. The Kier molecular flexibility index (Phi) is 8.26. The Labute approximate surface area is 181 Å². The molecule has 3 N–H and O–H groups in total. The first kappa shape index (κ1) is 21.7. The summed E-state index contributed by atoms with van der Waals surface area (Å²) >= 11 is 7.04. The zero-order valence-corrected chi connectivity index (χ0v) is 18.1. The summed E-state index contributed by atoms with van der Waals surface area (Å²) in [6, 6.07) is 11.8. The van der Waals surface area contributed by atoms with Crippen LogP contribution in [0.15, 0.2) is 42.5 Å². The number of benzene rings is 2. The largest absolute Gasteiger partial charge is 0.497 e. The number of rotatable bonds is 6. The lowest BCUT2D eigenvalue weighted by atomic mass is 10.2. The molecule has 0 aliphatic carbocycles. The lowest BCUT2D eigenvalue weighted by Crippen LogP contribution is -2.49. The van der Waals surface area contributed by atoms with Crippen LogP contribution in [0, 0.1) is 3.57 Å². The molecule has 148 valence electrons. The zero-order valence-electron chi connectivity index (χ0n) is 15.1. The van der Waals surface area contributed by atoms with Crippen molar-refractivity contribution in [3.05, 3.63) is 51.6 Å². The van der Waals surface area contributed by atoms with E-state index in [-0.39, 0.29) is 11.7 Å². The Morgan fingerprint density at radius 2 is 1.68 bits per heavy atom. The first-order valence-electron chi connectivity index (χ1n) is 7.93. The number of thiocarbonyl (C=S) groups is 1. The Morgan fingerprint density at radius 3 is 2.29 bits per heavy atom. The van der Waals surface area contributed by atoms with Crippen LogP contribution in [0.3, 0.4) is 0 Å². The fourth-order valence-corrected chi connectivity index (χ4v) is 2.91. The van der Waals surface area contributed by atoms with E-state index in [0.717, 1.165) is 3.57 Å². The molecule has 2 rings (SSSR count). The molecule has 10 heteroatoms. The van der Waals surface area contributed by atoms with E-state index in [1.54, 1.807) is 56.7 Å². The minimum Gasteiger partial charge on any atom is -0.497 e. The maximum Gasteiger partial charge on any atom is 0.269 e. The van der Waals surface area contributed by atoms with Crippen LogP contribution in [0.1, 0.15) is 10.4 Å². The van der Waals surface area contributed by atoms with Crippen molar-refractivity contribution in [2.24, 2.45) is 0 Å². The van der Waals surface area contributed by atoms with Crippen LogP contribution in [-0.4, -0.2) is 37.8 Å². The minimum atomic E-state index is -0.471. The van der Waals surface area contributed by atoms with Crippen molar-refractivity contribution < 1.29 is 23.8 Å². The maximum atomic E-state index is 12.1. The lowest BCUT2D eigenvalue weighted by Gasteiger charge is -2.12. The van der Waals surface area contributed by atoms with Gasteiger partial charge in [-0.15, -0.1) is 0 Å². The highest BCUT2D eigenvalue weighted by molar-refractivity contribution is 14.1. The second kappa shape index (κ2) is 10.7. The van der Waals surface area contributed by atoms with E-state index in [0.29, 0.717) is 22.8 Å². The molecule has 2 aromatic carbocycles. The Morgan fingerprint density at radius 1 is 1.00 bits per heavy atom. The van der Waals surface area contributed by atoms with Crippen molar-refractivity contribution in [1.82, 2.24) is 16.2 Å². The van der Waals surface area contributed by atoms with Crippen LogP contribution < -0.4 is 30.4 Å². The zero-order chi connectivity index (χ0) is 20.5. The molecular weight excluding hydrogens is 497 g/mol. The van der Waals surface area contributed by atoms with E-state index in [9.17, 15) is 9.59 Å². The fraction of sp³-hybridized carbons (Fsp3) is 0.167. The summed E-state index contributed by atoms with van der Waals surface area (Å²) in [4.78, 5) is 24.0. The van der Waals surface area contributed by atoms with Crippen LogP contribution in [0.5, 0.6) is 17.2 Å². The molecule has 8 nitrogen and oxygen atoms in total. The topological polar surface area (TPSA) is 97.9 Å². The number of hydrazine groups is 1. The van der Waals surface area contributed by atoms with Gasteiger partial charge in [0.2, 0.25) is 0 Å². The van der Waals surface area contributed by atoms with Crippen molar-refractivity contribution >= 4 is 51.7 Å². The van der Waals surface area contributed by atoms with Crippen molar-refractivity contribution in [1.29, 1.82) is 0 Å². The van der Waals surface area contributed by atoms with Gasteiger partial charge in [-0.05, 0) is 77.3 Å². The van der Waals surface area contributed by atoms with Crippen molar-refractivity contribution in [3.63, 3.8) is 0 Å². The van der Waals surface area contributed by atoms with E-state index < -0.39 is 11.8 Å². The van der Waals surface area contributed by atoms with Gasteiger partial charge < -0.3 is 14.2 Å². The van der Waals surface area contributed by atoms with Crippen molar-refractivity contribution in [2.75, 3.05) is 20.8 Å². The van der Waals surface area contributed by atoms with Crippen molar-refractivity contribution in [3.8, 4) is 17.2 Å². The summed E-state index contributed by atoms with van der Waals surface area (Å²) in [6.45, 7) is -0.237. The average molecular weight is 515 g/mol. The Balaban J connectivity index is 1.75. The fourth-order valence-electron chi connectivity index (χ4n) is 2.01. The molecule has 0 aliphatic heterocycles. The van der Waals surface area contributed by atoms with Gasteiger partial charge in [-0.2, -0.15) is 0 Å². The monoisotopic (exact) mass is 515 g/mol. The molecule has 0 bridgehead atoms. The third-order valence-corrected chi connectivity index (χ3v) is 4.43. The SMILES string of the molecule is COc1ccc(OCC(=O)NC(=S)NNC(=O)c2ccc(OC)c(I)c2)cc1. The number of halogens is 1. The predicted octanol–water partition coefficient (Wildman–Crippen LogP) is 2.02. The number of carbonyl (C=O) groups excluding carboxylic acids is 2. The summed E-state index contributed by atoms with van der Waals surface area (Å²) in [6.07, 6.45) is 0. The normalized spacial score (nSPS) is 9.82. The number of ether oxygens (including phenoxy) is 3. The maximum absolute atomic E-state index is 12.1. The molecule has 28 heavy (non-hydrogen) atoms. The van der Waals surface area contributed by atoms with Crippen LogP contribution >= 0.6 is 34.8 Å². The summed E-state index contributed by atoms with van der Waals surface area (Å²) in [7, 11) is 3.11. The van der Waals surface area contributed by atoms with Crippen LogP contribution in [0.2, 0.25) is 0 Å². The molecule has 0 aliphatic rings. The average Bonchev–Trinajstić information content (AvgIpc) is 2.70. The van der Waals surface area contributed by atoms with E-state index in [4.69, 9.17) is 26.4 Å². The van der Waals surface area contributed by atoms with Gasteiger partial charge in [0.15, 0.2) is 11.7 Å². The molecule has 0 fully saturated rings. The third kappa shape index (κ3) is 6.53. The van der Waals surface area contributed by atoms with Crippen LogP contribution in [0.25, 0.3) is 0 Å². The minimum absolute atomic E-state index is 0.0557. The van der Waals surface area contributed by atoms with Gasteiger partial charge in [0.05, 0.1) is 17.8 Å². The van der Waals surface area contributed by atoms with E-state index in [2.05, 4.69) is 38.8 Å². The quantitative estimate of drug-likeness (QED) is 0.308. The molecule has 2 amide bonds. The van der Waals surface area contributed by atoms with Gasteiger partial charge in [0.25, 0.3) is 11.8 Å². The number of nitrogens with one attached hydrogen (secondary N) is 3. The van der Waals surface area contributed by atoms with E-state index in [1.165, 1.54) is 0 Å². The first-order valence-corrected chi connectivity index (χ1v) is 9.42. The van der Waals surface area contributed by atoms with Crippen LogP contribution in [-0.2, 0) is 4.79 Å². The smallest absolute Gasteiger partial charge is 0.269 e. The third-order valence-electron chi connectivity index (χ3n) is 3.39. The van der Waals surface area contributed by atoms with E-state index >= 15 is 0 Å². The van der Waals surface area contributed by atoms with Gasteiger partial charge in [-0.25, -0.2) is 0 Å². The second-order valence-corrected chi connectivity index (χ2v) is 6.84. The highest BCUT2D eigenvalue weighted by Crippen LogP contribution is 2.21. The van der Waals surface area contributed by atoms with Crippen LogP contribution in [0.4, 0.5) is 0 Å². The molecule has 0 saturated heterocycles. The van der Waals surface area contributed by atoms with Crippen molar-refractivity contribution in [2.45, 2.75) is 0 Å². The highest BCUT2D eigenvalue weighted by Gasteiger charge is 2.10. The lowest BCUT2D eigenvalue weighted by molar-refractivity contribution is -0.121. The standard InChI is InChI=1S/C18H18IN3O5S/c1-25-12-4-6-13(7-5-12)27-10-16(23)20-18(28)22-21-17(24)11-3-8-15(26-2)14(19)9-11/h3-9H,10H2,1-2H3,(H,21,24)(H2,20,22,23,28). The molecule has 0 spiro atoms.